The average Bonchev–Trinajstić information content (AvgIpc) is 2.91. The van der Waals surface area contributed by atoms with Gasteiger partial charge in [-0.25, -0.2) is 0 Å². The summed E-state index contributed by atoms with van der Waals surface area (Å²) < 4.78 is 1.08. The van der Waals surface area contributed by atoms with Crippen molar-refractivity contribution in [1.29, 1.82) is 0 Å². The van der Waals surface area contributed by atoms with E-state index < -0.39 is 12.0 Å². The Hall–Kier alpha value is -1.17. The van der Waals surface area contributed by atoms with Gasteiger partial charge in [0.2, 0.25) is 0 Å². The van der Waals surface area contributed by atoms with Crippen molar-refractivity contribution in [2.24, 2.45) is 0 Å². The molecule has 0 aliphatic carbocycles. The maximum absolute atomic E-state index is 11.8. The molecule has 2 unspecified atom stereocenters. The van der Waals surface area contributed by atoms with E-state index in [1.54, 1.807) is 11.3 Å². The Morgan fingerprint density at radius 2 is 2.14 bits per heavy atom. The molecule has 1 aromatic carbocycles. The number of benzene rings is 1. The third-order valence-electron chi connectivity index (χ3n) is 4.06. The van der Waals surface area contributed by atoms with E-state index in [0.717, 1.165) is 27.9 Å². The fourth-order valence-corrected chi connectivity index (χ4v) is 4.49. The summed E-state index contributed by atoms with van der Waals surface area (Å²) in [7, 11) is 0. The Balaban J connectivity index is 1.97. The van der Waals surface area contributed by atoms with Gasteiger partial charge < -0.3 is 5.11 Å². The minimum atomic E-state index is -0.773. The molecule has 2 heterocycles. The van der Waals surface area contributed by atoms with Crippen LogP contribution in [0.4, 0.5) is 0 Å². The van der Waals surface area contributed by atoms with Gasteiger partial charge in [0, 0.05) is 17.5 Å². The Kier molecular flexibility index (Phi) is 4.15. The van der Waals surface area contributed by atoms with Gasteiger partial charge >= 0.3 is 5.97 Å². The molecule has 1 aliphatic heterocycles. The number of carboxylic acids is 1. The van der Waals surface area contributed by atoms with Crippen molar-refractivity contribution >= 4 is 33.2 Å². The zero-order chi connectivity index (χ0) is 15.0. The molecule has 0 spiro atoms. The van der Waals surface area contributed by atoms with E-state index in [1.807, 2.05) is 30.3 Å². The number of halogens is 1. The van der Waals surface area contributed by atoms with Crippen molar-refractivity contribution in [1.82, 2.24) is 4.90 Å². The smallest absolute Gasteiger partial charge is 0.325 e. The van der Waals surface area contributed by atoms with Crippen molar-refractivity contribution in [3.63, 3.8) is 0 Å². The highest BCUT2D eigenvalue weighted by atomic mass is 79.9. The monoisotopic (exact) mass is 365 g/mol. The summed E-state index contributed by atoms with van der Waals surface area (Å²) in [5.74, 6) is -0.773. The van der Waals surface area contributed by atoms with E-state index in [9.17, 15) is 9.90 Å². The number of rotatable bonds is 3. The molecule has 1 aromatic heterocycles. The van der Waals surface area contributed by atoms with Crippen LogP contribution in [-0.2, 0) is 11.2 Å². The quantitative estimate of drug-likeness (QED) is 0.883. The summed E-state index contributed by atoms with van der Waals surface area (Å²) in [6.07, 6.45) is 0.900. The third-order valence-corrected chi connectivity index (χ3v) is 5.85. The van der Waals surface area contributed by atoms with E-state index in [0.29, 0.717) is 0 Å². The van der Waals surface area contributed by atoms with Gasteiger partial charge in [-0.1, -0.05) is 24.3 Å². The molecule has 0 saturated carbocycles. The maximum Gasteiger partial charge on any atom is 0.325 e. The second-order valence-electron chi connectivity index (χ2n) is 5.25. The molecular weight excluding hydrogens is 350 g/mol. The van der Waals surface area contributed by atoms with Gasteiger partial charge in [0.15, 0.2) is 0 Å². The number of hydrogen-bond acceptors (Lipinski definition) is 3. The third kappa shape index (κ3) is 2.78. The summed E-state index contributed by atoms with van der Waals surface area (Å²) in [5.41, 5.74) is 2.08. The SMILES string of the molecule is CC(c1ccc(Br)s1)N1CCc2ccccc2C1C(=O)O. The van der Waals surface area contributed by atoms with Crippen molar-refractivity contribution in [2.45, 2.75) is 25.4 Å². The molecule has 2 atom stereocenters. The molecule has 21 heavy (non-hydrogen) atoms. The Morgan fingerprint density at radius 3 is 2.81 bits per heavy atom. The van der Waals surface area contributed by atoms with E-state index in [2.05, 4.69) is 33.8 Å². The zero-order valence-corrected chi connectivity index (χ0v) is 14.0. The first-order valence-corrected chi connectivity index (χ1v) is 8.50. The number of hydrogen-bond donors (Lipinski definition) is 1. The zero-order valence-electron chi connectivity index (χ0n) is 11.6. The van der Waals surface area contributed by atoms with Crippen LogP contribution in [0.15, 0.2) is 40.2 Å². The normalized spacial score (nSPS) is 20.0. The lowest BCUT2D eigenvalue weighted by Gasteiger charge is -2.38. The molecule has 3 rings (SSSR count). The molecule has 0 saturated heterocycles. The van der Waals surface area contributed by atoms with Crippen LogP contribution in [0.1, 0.15) is 35.0 Å². The lowest BCUT2D eigenvalue weighted by Crippen LogP contribution is -2.41. The molecule has 110 valence electrons. The number of carbonyl (C=O) groups is 1. The van der Waals surface area contributed by atoms with Crippen LogP contribution in [0.25, 0.3) is 0 Å². The fraction of sp³-hybridized carbons (Fsp3) is 0.312. The Labute approximate surface area is 136 Å². The van der Waals surface area contributed by atoms with Crippen LogP contribution in [0, 0.1) is 0 Å². The summed E-state index contributed by atoms with van der Waals surface area (Å²) >= 11 is 5.14. The second-order valence-corrected chi connectivity index (χ2v) is 7.74. The highest BCUT2D eigenvalue weighted by molar-refractivity contribution is 9.11. The van der Waals surface area contributed by atoms with Crippen molar-refractivity contribution in [3.8, 4) is 0 Å². The van der Waals surface area contributed by atoms with E-state index in [4.69, 9.17) is 0 Å². The van der Waals surface area contributed by atoms with Crippen molar-refractivity contribution < 1.29 is 9.90 Å². The van der Waals surface area contributed by atoms with Gasteiger partial charge in [-0.05, 0) is 52.5 Å². The predicted octanol–water partition coefficient (Wildman–Crippen LogP) is 4.26. The molecular formula is C16H16BrNO2S. The molecule has 2 aromatic rings. The summed E-state index contributed by atoms with van der Waals surface area (Å²) in [6, 6.07) is 11.5. The minimum Gasteiger partial charge on any atom is -0.480 e. The summed E-state index contributed by atoms with van der Waals surface area (Å²) in [4.78, 5) is 15.1. The minimum absolute atomic E-state index is 0.0933. The largest absolute Gasteiger partial charge is 0.480 e. The van der Waals surface area contributed by atoms with Crippen LogP contribution in [0.3, 0.4) is 0 Å². The van der Waals surface area contributed by atoms with Crippen LogP contribution in [0.5, 0.6) is 0 Å². The topological polar surface area (TPSA) is 40.5 Å². The van der Waals surface area contributed by atoms with Gasteiger partial charge in [0.25, 0.3) is 0 Å². The number of thiophene rings is 1. The number of fused-ring (bicyclic) bond motifs is 1. The highest BCUT2D eigenvalue weighted by Gasteiger charge is 2.36. The van der Waals surface area contributed by atoms with Crippen molar-refractivity contribution in [3.05, 3.63) is 56.2 Å². The van der Waals surface area contributed by atoms with Crippen LogP contribution >= 0.6 is 27.3 Å². The summed E-state index contributed by atoms with van der Waals surface area (Å²) in [6.45, 7) is 2.85. The highest BCUT2D eigenvalue weighted by Crippen LogP contribution is 2.38. The number of nitrogens with zero attached hydrogens (tertiary/aromatic N) is 1. The molecule has 5 heteroatoms. The van der Waals surface area contributed by atoms with Gasteiger partial charge in [-0.15, -0.1) is 11.3 Å². The standard InChI is InChI=1S/C16H16BrNO2S/c1-10(13-6-7-14(17)21-13)18-9-8-11-4-2-3-5-12(11)15(18)16(19)20/h2-7,10,15H,8-9H2,1H3,(H,19,20). The molecule has 1 aliphatic rings. The van der Waals surface area contributed by atoms with Gasteiger partial charge in [0.05, 0.1) is 3.79 Å². The first-order chi connectivity index (χ1) is 10.1. The molecule has 3 nitrogen and oxygen atoms in total. The number of carboxylic acid groups (broad SMARTS) is 1. The lowest BCUT2D eigenvalue weighted by molar-refractivity contribution is -0.145. The van der Waals surface area contributed by atoms with Crippen LogP contribution < -0.4 is 0 Å². The van der Waals surface area contributed by atoms with Crippen LogP contribution in [0.2, 0.25) is 0 Å². The van der Waals surface area contributed by atoms with E-state index in [-0.39, 0.29) is 6.04 Å². The predicted molar refractivity (Wildman–Crippen MR) is 87.7 cm³/mol. The first-order valence-electron chi connectivity index (χ1n) is 6.89. The van der Waals surface area contributed by atoms with Gasteiger partial charge in [0.1, 0.15) is 6.04 Å². The lowest BCUT2D eigenvalue weighted by atomic mass is 9.91. The summed E-state index contributed by atoms with van der Waals surface area (Å²) in [5, 5.41) is 9.71. The maximum atomic E-state index is 11.8. The van der Waals surface area contributed by atoms with Crippen LogP contribution in [-0.4, -0.2) is 22.5 Å². The molecule has 0 fully saturated rings. The molecule has 0 amide bonds. The molecule has 0 radical (unpaired) electrons. The first kappa shape index (κ1) is 14.8. The Morgan fingerprint density at radius 1 is 1.38 bits per heavy atom. The van der Waals surface area contributed by atoms with Gasteiger partial charge in [-0.2, -0.15) is 0 Å². The number of aliphatic carboxylic acids is 1. The average molecular weight is 366 g/mol. The Bertz CT molecular complexity index is 670. The molecule has 1 N–H and O–H groups in total. The molecule has 0 bridgehead atoms. The second kappa shape index (κ2) is 5.91. The van der Waals surface area contributed by atoms with E-state index >= 15 is 0 Å². The van der Waals surface area contributed by atoms with E-state index in [1.165, 1.54) is 4.88 Å². The fourth-order valence-electron chi connectivity index (χ4n) is 2.99. The van der Waals surface area contributed by atoms with Crippen molar-refractivity contribution in [2.75, 3.05) is 6.54 Å². The van der Waals surface area contributed by atoms with Gasteiger partial charge in [-0.3, -0.25) is 9.69 Å².